The Balaban J connectivity index is 1.86. The summed E-state index contributed by atoms with van der Waals surface area (Å²) in [7, 11) is 0. The molecule has 0 saturated carbocycles. The maximum absolute atomic E-state index is 13.1. The first-order chi connectivity index (χ1) is 17.0. The number of hydrogen-bond donors (Lipinski definition) is 4. The van der Waals surface area contributed by atoms with Gasteiger partial charge in [-0.3, -0.25) is 15.2 Å². The maximum Gasteiger partial charge on any atom is 0.415 e. The second-order valence-corrected chi connectivity index (χ2v) is 9.30. The van der Waals surface area contributed by atoms with Gasteiger partial charge in [0.05, 0.1) is 17.4 Å². The summed E-state index contributed by atoms with van der Waals surface area (Å²) in [5.74, 6) is -1.44. The maximum atomic E-state index is 13.1. The zero-order valence-corrected chi connectivity index (χ0v) is 20.6. The fraction of sp³-hybridized carbons (Fsp3) is 0.222. The third-order valence-corrected chi connectivity index (χ3v) is 5.72. The number of rotatable bonds is 6. The van der Waals surface area contributed by atoms with Crippen LogP contribution in [0.5, 0.6) is 0 Å². The molecule has 2 aromatic carbocycles. The minimum Gasteiger partial charge on any atom is -0.382 e. The van der Waals surface area contributed by atoms with Crippen LogP contribution < -0.4 is 16.4 Å². The lowest BCUT2D eigenvalue weighted by Gasteiger charge is -2.27. The van der Waals surface area contributed by atoms with Crippen LogP contribution in [0.2, 0.25) is 0 Å². The second kappa shape index (κ2) is 10.8. The van der Waals surface area contributed by atoms with Gasteiger partial charge in [0, 0.05) is 11.6 Å². The van der Waals surface area contributed by atoms with E-state index < -0.39 is 18.0 Å². The Morgan fingerprint density at radius 2 is 1.53 bits per heavy atom. The Morgan fingerprint density at radius 1 is 0.944 bits per heavy atom. The van der Waals surface area contributed by atoms with Crippen LogP contribution in [-0.4, -0.2) is 34.8 Å². The summed E-state index contributed by atoms with van der Waals surface area (Å²) in [4.78, 5) is 42.4. The lowest BCUT2D eigenvalue weighted by molar-refractivity contribution is 0.0609. The molecular weight excluding hydrogens is 458 g/mol. The summed E-state index contributed by atoms with van der Waals surface area (Å²) < 4.78 is 5.07. The number of nitrogens with two attached hydrogens (primary N) is 1. The molecular formula is C27H29N5O4. The van der Waals surface area contributed by atoms with Crippen molar-refractivity contribution in [1.29, 1.82) is 5.41 Å². The molecule has 0 fully saturated rings. The number of carbonyl (C=O) groups is 3. The van der Waals surface area contributed by atoms with Gasteiger partial charge in [-0.1, -0.05) is 57.2 Å². The summed E-state index contributed by atoms with van der Waals surface area (Å²) >= 11 is 0. The Hall–Kier alpha value is -4.53. The number of anilines is 1. The summed E-state index contributed by atoms with van der Waals surface area (Å²) in [5, 5.41) is 12.9. The van der Waals surface area contributed by atoms with Crippen molar-refractivity contribution in [3.63, 3.8) is 0 Å². The van der Waals surface area contributed by atoms with Crippen molar-refractivity contribution in [3.8, 4) is 11.1 Å². The van der Waals surface area contributed by atoms with E-state index in [1.165, 1.54) is 18.3 Å². The number of nitrogens with zero attached hydrogens (tertiary/aromatic N) is 1. The number of alkyl carbamates (subject to hydrolysis) is 1. The van der Waals surface area contributed by atoms with E-state index in [4.69, 9.17) is 15.9 Å². The van der Waals surface area contributed by atoms with Crippen LogP contribution in [0, 0.1) is 10.8 Å². The Labute approximate surface area is 209 Å². The van der Waals surface area contributed by atoms with E-state index in [1.54, 1.807) is 48.5 Å². The van der Waals surface area contributed by atoms with E-state index in [1.807, 2.05) is 27.7 Å². The number of ether oxygens (including phenoxy) is 1. The summed E-state index contributed by atoms with van der Waals surface area (Å²) in [5.41, 5.74) is 7.29. The van der Waals surface area contributed by atoms with Gasteiger partial charge in [0.1, 0.15) is 11.5 Å². The molecule has 5 N–H and O–H groups in total. The molecule has 2 amide bonds. The first-order valence-electron chi connectivity index (χ1n) is 11.3. The number of nitrogens with one attached hydrogen (secondary N) is 3. The number of esters is 1. The number of benzene rings is 2. The highest BCUT2D eigenvalue weighted by Crippen LogP contribution is 2.28. The Kier molecular flexibility index (Phi) is 7.83. The third kappa shape index (κ3) is 6.32. The van der Waals surface area contributed by atoms with Crippen molar-refractivity contribution in [2.24, 2.45) is 11.1 Å². The summed E-state index contributed by atoms with van der Waals surface area (Å²) in [6.07, 6.45) is 0.560. The predicted molar refractivity (Wildman–Crippen MR) is 138 cm³/mol. The molecule has 3 rings (SSSR count). The van der Waals surface area contributed by atoms with Crippen LogP contribution in [0.1, 0.15) is 54.1 Å². The van der Waals surface area contributed by atoms with Crippen LogP contribution >= 0.6 is 0 Å². The van der Waals surface area contributed by atoms with Crippen LogP contribution in [0.3, 0.4) is 0 Å². The normalized spacial score (nSPS) is 11.8. The van der Waals surface area contributed by atoms with Crippen LogP contribution in [0.15, 0.2) is 66.9 Å². The lowest BCUT2D eigenvalue weighted by Crippen LogP contribution is -2.42. The number of amidine groups is 1. The standard InChI is InChI=1S/C27H29N5O4/c1-16(27(2,3)4)31-26(35)36-25(34)21-12-8-6-10-19(21)18-9-5-7-11-20(18)24(33)32-17-13-14-22(23(28)29)30-15-17/h5-16H,1-4H3,(H3,28,29)(H,31,35)(H,32,33). The van der Waals surface area contributed by atoms with Crippen molar-refractivity contribution in [2.45, 2.75) is 33.7 Å². The highest BCUT2D eigenvalue weighted by Gasteiger charge is 2.25. The Morgan fingerprint density at radius 3 is 2.08 bits per heavy atom. The highest BCUT2D eigenvalue weighted by atomic mass is 16.6. The third-order valence-electron chi connectivity index (χ3n) is 5.72. The van der Waals surface area contributed by atoms with E-state index in [9.17, 15) is 14.4 Å². The molecule has 0 saturated heterocycles. The van der Waals surface area contributed by atoms with Gasteiger partial charge in [-0.25, -0.2) is 9.59 Å². The van der Waals surface area contributed by atoms with E-state index >= 15 is 0 Å². The van der Waals surface area contributed by atoms with Crippen molar-refractivity contribution >= 4 is 29.5 Å². The van der Waals surface area contributed by atoms with E-state index in [2.05, 4.69) is 15.6 Å². The largest absolute Gasteiger partial charge is 0.415 e. The van der Waals surface area contributed by atoms with E-state index in [0.717, 1.165) is 0 Å². The molecule has 0 aliphatic carbocycles. The van der Waals surface area contributed by atoms with Gasteiger partial charge in [-0.15, -0.1) is 0 Å². The number of nitrogen functional groups attached to an aromatic ring is 1. The van der Waals surface area contributed by atoms with Gasteiger partial charge in [0.25, 0.3) is 5.91 Å². The quantitative estimate of drug-likeness (QED) is 0.173. The molecule has 1 unspecified atom stereocenters. The smallest absolute Gasteiger partial charge is 0.382 e. The van der Waals surface area contributed by atoms with Crippen molar-refractivity contribution in [2.75, 3.05) is 5.32 Å². The fourth-order valence-electron chi connectivity index (χ4n) is 3.20. The van der Waals surface area contributed by atoms with E-state index in [0.29, 0.717) is 28.1 Å². The number of hydrogen-bond acceptors (Lipinski definition) is 6. The first-order valence-corrected chi connectivity index (χ1v) is 11.3. The highest BCUT2D eigenvalue weighted by molar-refractivity contribution is 6.11. The van der Waals surface area contributed by atoms with Crippen molar-refractivity contribution in [3.05, 3.63) is 83.7 Å². The van der Waals surface area contributed by atoms with Crippen LogP contribution in [-0.2, 0) is 4.74 Å². The van der Waals surface area contributed by atoms with Crippen LogP contribution in [0.25, 0.3) is 11.1 Å². The predicted octanol–water partition coefficient (Wildman–Crippen LogP) is 4.59. The minimum atomic E-state index is -0.843. The zero-order valence-electron chi connectivity index (χ0n) is 20.6. The molecule has 9 nitrogen and oxygen atoms in total. The number of amides is 2. The van der Waals surface area contributed by atoms with Gasteiger partial charge in [-0.2, -0.15) is 0 Å². The number of pyridine rings is 1. The molecule has 1 atom stereocenters. The van der Waals surface area contributed by atoms with Crippen molar-refractivity contribution < 1.29 is 19.1 Å². The van der Waals surface area contributed by atoms with Crippen molar-refractivity contribution in [1.82, 2.24) is 10.3 Å². The minimum absolute atomic E-state index is 0.142. The zero-order chi connectivity index (χ0) is 26.5. The summed E-state index contributed by atoms with van der Waals surface area (Å²) in [6, 6.07) is 16.3. The first kappa shape index (κ1) is 26.1. The molecule has 0 bridgehead atoms. The molecule has 36 heavy (non-hydrogen) atoms. The molecule has 1 heterocycles. The molecule has 1 aromatic heterocycles. The molecule has 0 aliphatic rings. The SMILES string of the molecule is CC(NC(=O)OC(=O)c1ccccc1-c1ccccc1C(=O)Nc1ccc(C(=N)N)nc1)C(C)(C)C. The lowest BCUT2D eigenvalue weighted by atomic mass is 9.88. The van der Waals surface area contributed by atoms with Crippen LogP contribution in [0.4, 0.5) is 10.5 Å². The van der Waals surface area contributed by atoms with Gasteiger partial charge in [0.15, 0.2) is 0 Å². The molecule has 3 aromatic rings. The molecule has 0 spiro atoms. The fourth-order valence-corrected chi connectivity index (χ4v) is 3.20. The van der Waals surface area contributed by atoms with Gasteiger partial charge < -0.3 is 21.1 Å². The van der Waals surface area contributed by atoms with Gasteiger partial charge in [-0.05, 0) is 47.7 Å². The average Bonchev–Trinajstić information content (AvgIpc) is 2.83. The molecule has 186 valence electrons. The number of carbonyl (C=O) groups excluding carboxylic acids is 3. The average molecular weight is 488 g/mol. The number of aromatic nitrogens is 1. The topological polar surface area (TPSA) is 147 Å². The second-order valence-electron chi connectivity index (χ2n) is 9.30. The van der Waals surface area contributed by atoms with E-state index in [-0.39, 0.29) is 22.9 Å². The molecule has 0 aliphatic heterocycles. The summed E-state index contributed by atoms with van der Waals surface area (Å²) in [6.45, 7) is 7.72. The molecule has 9 heteroatoms. The van der Waals surface area contributed by atoms with Gasteiger partial charge >= 0.3 is 12.1 Å². The Bertz CT molecular complexity index is 1300. The monoisotopic (exact) mass is 487 g/mol. The molecule has 0 radical (unpaired) electrons. The van der Waals surface area contributed by atoms with Gasteiger partial charge in [0.2, 0.25) is 0 Å².